The third-order valence-electron chi connectivity index (χ3n) is 2.87. The summed E-state index contributed by atoms with van der Waals surface area (Å²) in [4.78, 5) is 11.7. The number of rotatable bonds is 10. The highest BCUT2D eigenvalue weighted by atomic mass is 35.5. The van der Waals surface area contributed by atoms with Crippen molar-refractivity contribution in [3.05, 3.63) is 23.8 Å². The largest absolute Gasteiger partial charge is 0.490 e. The Hall–Kier alpha value is -1.60. The molecule has 0 atom stereocenters. The maximum atomic E-state index is 12.6. The minimum absolute atomic E-state index is 0. The molecule has 0 saturated heterocycles. The third-order valence-corrected chi connectivity index (χ3v) is 2.87. The van der Waals surface area contributed by atoms with Crippen LogP contribution in [0.4, 0.5) is 8.78 Å². The topological polar surface area (TPSA) is 59.6 Å². The second-order valence-electron chi connectivity index (χ2n) is 4.54. The number of amides is 1. The van der Waals surface area contributed by atoms with Crippen molar-refractivity contribution in [1.29, 1.82) is 0 Å². The lowest BCUT2D eigenvalue weighted by atomic mass is 10.1. The molecule has 1 amide bonds. The molecule has 0 fully saturated rings. The highest BCUT2D eigenvalue weighted by Crippen LogP contribution is 2.32. The molecule has 8 heteroatoms. The standard InChI is InChI=1S/C15H22F2N2O3.ClH/c1-3-21-12-7-4-6-11(14(12)22-15(16)17)10-19-13(20)8-5-9-18-2;/h4,6-7,15,18H,3,5,8-10H2,1-2H3,(H,19,20);1H. The van der Waals surface area contributed by atoms with Gasteiger partial charge >= 0.3 is 6.61 Å². The first-order valence-electron chi connectivity index (χ1n) is 7.19. The van der Waals surface area contributed by atoms with Gasteiger partial charge in [-0.15, -0.1) is 12.4 Å². The first-order valence-corrected chi connectivity index (χ1v) is 7.19. The Bertz CT molecular complexity index is 476. The van der Waals surface area contributed by atoms with Crippen molar-refractivity contribution >= 4 is 18.3 Å². The third kappa shape index (κ3) is 7.99. The number of para-hydroxylation sites is 1. The molecule has 0 saturated carbocycles. The van der Waals surface area contributed by atoms with Gasteiger partial charge in [-0.05, 0) is 33.0 Å². The van der Waals surface area contributed by atoms with Gasteiger partial charge in [0.25, 0.3) is 0 Å². The molecule has 0 heterocycles. The van der Waals surface area contributed by atoms with Crippen LogP contribution >= 0.6 is 12.4 Å². The quantitative estimate of drug-likeness (QED) is 0.636. The zero-order valence-electron chi connectivity index (χ0n) is 13.2. The first kappa shape index (κ1) is 21.4. The monoisotopic (exact) mass is 352 g/mol. The maximum absolute atomic E-state index is 12.6. The van der Waals surface area contributed by atoms with E-state index in [1.54, 1.807) is 25.1 Å². The Morgan fingerprint density at radius 3 is 2.70 bits per heavy atom. The SMILES string of the molecule is CCOc1cccc(CNC(=O)CCCNC)c1OC(F)F.Cl. The molecule has 1 aromatic carbocycles. The van der Waals surface area contributed by atoms with Crippen LogP contribution in [0.25, 0.3) is 0 Å². The molecule has 0 aliphatic carbocycles. The Labute approximate surface area is 141 Å². The second-order valence-corrected chi connectivity index (χ2v) is 4.54. The van der Waals surface area contributed by atoms with Crippen LogP contribution in [-0.2, 0) is 11.3 Å². The molecular weight excluding hydrogens is 330 g/mol. The van der Waals surface area contributed by atoms with Gasteiger partial charge in [-0.25, -0.2) is 0 Å². The first-order chi connectivity index (χ1) is 10.6. The number of halogens is 3. The fraction of sp³-hybridized carbons (Fsp3) is 0.533. The van der Waals surface area contributed by atoms with Crippen molar-refractivity contribution in [2.45, 2.75) is 32.9 Å². The summed E-state index contributed by atoms with van der Waals surface area (Å²) < 4.78 is 34.9. The van der Waals surface area contributed by atoms with Crippen LogP contribution < -0.4 is 20.1 Å². The molecule has 132 valence electrons. The molecule has 0 aromatic heterocycles. The Morgan fingerprint density at radius 1 is 1.35 bits per heavy atom. The zero-order chi connectivity index (χ0) is 16.4. The van der Waals surface area contributed by atoms with Crippen molar-refractivity contribution in [3.63, 3.8) is 0 Å². The second kappa shape index (κ2) is 11.9. The van der Waals surface area contributed by atoms with Crippen molar-refractivity contribution in [3.8, 4) is 11.5 Å². The van der Waals surface area contributed by atoms with E-state index >= 15 is 0 Å². The maximum Gasteiger partial charge on any atom is 0.387 e. The molecule has 0 radical (unpaired) electrons. The predicted octanol–water partition coefficient (Wildman–Crippen LogP) is 2.72. The highest BCUT2D eigenvalue weighted by Gasteiger charge is 2.16. The predicted molar refractivity (Wildman–Crippen MR) is 86.5 cm³/mol. The lowest BCUT2D eigenvalue weighted by molar-refractivity contribution is -0.121. The van der Waals surface area contributed by atoms with Crippen molar-refractivity contribution in [2.24, 2.45) is 0 Å². The smallest absolute Gasteiger partial charge is 0.387 e. The van der Waals surface area contributed by atoms with Crippen LogP contribution in [0.15, 0.2) is 18.2 Å². The Morgan fingerprint density at radius 2 is 2.09 bits per heavy atom. The molecule has 0 aliphatic heterocycles. The fourth-order valence-corrected chi connectivity index (χ4v) is 1.90. The van der Waals surface area contributed by atoms with Gasteiger partial charge in [-0.1, -0.05) is 12.1 Å². The molecule has 5 nitrogen and oxygen atoms in total. The van der Waals surface area contributed by atoms with E-state index in [0.29, 0.717) is 25.0 Å². The molecule has 0 unspecified atom stereocenters. The molecule has 0 spiro atoms. The molecule has 0 bridgehead atoms. The van der Waals surface area contributed by atoms with E-state index in [4.69, 9.17) is 4.74 Å². The minimum atomic E-state index is -2.95. The number of alkyl halides is 2. The van der Waals surface area contributed by atoms with Crippen LogP contribution in [0, 0.1) is 0 Å². The lowest BCUT2D eigenvalue weighted by Crippen LogP contribution is -2.24. The van der Waals surface area contributed by atoms with Gasteiger partial charge in [-0.3, -0.25) is 4.79 Å². The van der Waals surface area contributed by atoms with Gasteiger partial charge in [0.2, 0.25) is 5.91 Å². The number of hydrogen-bond donors (Lipinski definition) is 2. The van der Waals surface area contributed by atoms with Crippen LogP contribution in [0.1, 0.15) is 25.3 Å². The van der Waals surface area contributed by atoms with Crippen LogP contribution in [0.5, 0.6) is 11.5 Å². The Balaban J connectivity index is 0.00000484. The zero-order valence-corrected chi connectivity index (χ0v) is 14.1. The fourth-order valence-electron chi connectivity index (χ4n) is 1.90. The van der Waals surface area contributed by atoms with Crippen LogP contribution in [-0.4, -0.2) is 32.7 Å². The number of benzene rings is 1. The summed E-state index contributed by atoms with van der Waals surface area (Å²) in [7, 11) is 1.81. The van der Waals surface area contributed by atoms with Crippen LogP contribution in [0.2, 0.25) is 0 Å². The van der Waals surface area contributed by atoms with E-state index in [9.17, 15) is 13.6 Å². The summed E-state index contributed by atoms with van der Waals surface area (Å²) in [6.07, 6.45) is 1.08. The van der Waals surface area contributed by atoms with Gasteiger partial charge in [0.15, 0.2) is 11.5 Å². The summed E-state index contributed by atoms with van der Waals surface area (Å²) in [6.45, 7) is -0.0115. The minimum Gasteiger partial charge on any atom is -0.490 e. The van der Waals surface area contributed by atoms with Gasteiger partial charge in [-0.2, -0.15) is 8.78 Å². The van der Waals surface area contributed by atoms with E-state index in [1.807, 2.05) is 7.05 Å². The van der Waals surface area contributed by atoms with Crippen LogP contribution in [0.3, 0.4) is 0 Å². The average molecular weight is 353 g/mol. The summed E-state index contributed by atoms with van der Waals surface area (Å²) in [5.74, 6) is 0.0691. The van der Waals surface area contributed by atoms with E-state index in [0.717, 1.165) is 6.54 Å². The molecule has 1 aromatic rings. The van der Waals surface area contributed by atoms with E-state index in [2.05, 4.69) is 15.4 Å². The molecule has 2 N–H and O–H groups in total. The number of carbonyl (C=O) groups is 1. The average Bonchev–Trinajstić information content (AvgIpc) is 2.47. The van der Waals surface area contributed by atoms with Crippen molar-refractivity contribution < 1.29 is 23.0 Å². The van der Waals surface area contributed by atoms with Gasteiger partial charge in [0, 0.05) is 18.5 Å². The van der Waals surface area contributed by atoms with E-state index in [-0.39, 0.29) is 36.4 Å². The van der Waals surface area contributed by atoms with Crippen molar-refractivity contribution in [1.82, 2.24) is 10.6 Å². The van der Waals surface area contributed by atoms with Gasteiger partial charge in [0.1, 0.15) is 0 Å². The summed E-state index contributed by atoms with van der Waals surface area (Å²) in [6, 6.07) is 4.85. The van der Waals surface area contributed by atoms with Gasteiger partial charge in [0.05, 0.1) is 6.61 Å². The molecule has 0 aliphatic rings. The number of carbonyl (C=O) groups excluding carboxylic acids is 1. The molecule has 1 rings (SSSR count). The molecular formula is C15H23ClF2N2O3. The molecule has 23 heavy (non-hydrogen) atoms. The number of ether oxygens (including phenoxy) is 2. The lowest BCUT2D eigenvalue weighted by Gasteiger charge is -2.15. The van der Waals surface area contributed by atoms with E-state index in [1.165, 1.54) is 0 Å². The Kier molecular flexibility index (Phi) is 11.1. The summed E-state index contributed by atoms with van der Waals surface area (Å²) >= 11 is 0. The van der Waals surface area contributed by atoms with Gasteiger partial charge < -0.3 is 20.1 Å². The number of hydrogen-bond acceptors (Lipinski definition) is 4. The number of nitrogens with one attached hydrogen (secondary N) is 2. The van der Waals surface area contributed by atoms with E-state index < -0.39 is 6.61 Å². The van der Waals surface area contributed by atoms with Crippen molar-refractivity contribution in [2.75, 3.05) is 20.2 Å². The highest BCUT2D eigenvalue weighted by molar-refractivity contribution is 5.85. The normalized spacial score (nSPS) is 10.1. The summed E-state index contributed by atoms with van der Waals surface area (Å²) in [5.41, 5.74) is 0.452. The summed E-state index contributed by atoms with van der Waals surface area (Å²) in [5, 5.41) is 5.64.